The smallest absolute Gasteiger partial charge is 0.329 e. The van der Waals surface area contributed by atoms with Crippen LogP contribution in [0.4, 0.5) is 0 Å². The van der Waals surface area contributed by atoms with Crippen LogP contribution >= 0.6 is 0 Å². The van der Waals surface area contributed by atoms with E-state index in [2.05, 4.69) is 0 Å². The molecule has 1 fully saturated rings. The fourth-order valence-corrected chi connectivity index (χ4v) is 2.66. The van der Waals surface area contributed by atoms with Gasteiger partial charge in [0.2, 0.25) is 5.91 Å². The normalized spacial score (nSPS) is 25.1. The van der Waals surface area contributed by atoms with Crippen molar-refractivity contribution < 1.29 is 29.0 Å². The second-order valence-electron chi connectivity index (χ2n) is 7.16. The number of carbonyl (C=O) groups excluding carboxylic acids is 2. The zero-order valence-corrected chi connectivity index (χ0v) is 14.5. The molecule has 3 atom stereocenters. The molecule has 1 aliphatic heterocycles. The van der Waals surface area contributed by atoms with Gasteiger partial charge in [0.1, 0.15) is 11.3 Å². The zero-order chi connectivity index (χ0) is 18.2. The van der Waals surface area contributed by atoms with E-state index in [-0.39, 0.29) is 6.42 Å². The third-order valence-electron chi connectivity index (χ3n) is 3.39. The first-order valence-corrected chi connectivity index (χ1v) is 7.47. The molecule has 1 amide bonds. The van der Waals surface area contributed by atoms with Gasteiger partial charge in [0.25, 0.3) is 0 Å². The Kier molecular flexibility index (Phi) is 5.43. The van der Waals surface area contributed by atoms with Gasteiger partial charge in [0, 0.05) is 0 Å². The number of ether oxygens (including phenoxy) is 2. The second-order valence-corrected chi connectivity index (χ2v) is 7.16. The van der Waals surface area contributed by atoms with Gasteiger partial charge >= 0.3 is 11.9 Å². The molecule has 8 nitrogen and oxygen atoms in total. The second kappa shape index (κ2) is 6.45. The van der Waals surface area contributed by atoms with Crippen LogP contribution in [0.5, 0.6) is 0 Å². The molecule has 0 aromatic heterocycles. The fraction of sp³-hybridized carbons (Fsp3) is 0.800. The SMILES string of the molecule is C[C@H]1OC(C)(C)N(C(=O)[C@@H](N)CC(=O)OC(C)(C)C)[C@@H]1C(=O)O. The predicted molar refractivity (Wildman–Crippen MR) is 81.3 cm³/mol. The van der Waals surface area contributed by atoms with Gasteiger partial charge in [0.05, 0.1) is 18.6 Å². The molecule has 0 spiro atoms. The van der Waals surface area contributed by atoms with E-state index < -0.39 is 47.4 Å². The highest BCUT2D eigenvalue weighted by Crippen LogP contribution is 2.32. The molecular weight excluding hydrogens is 304 g/mol. The highest BCUT2D eigenvalue weighted by Gasteiger charge is 2.52. The largest absolute Gasteiger partial charge is 0.480 e. The van der Waals surface area contributed by atoms with E-state index in [0.29, 0.717) is 0 Å². The van der Waals surface area contributed by atoms with Gasteiger partial charge in [-0.1, -0.05) is 0 Å². The molecule has 1 saturated heterocycles. The average molecular weight is 330 g/mol. The highest BCUT2D eigenvalue weighted by molar-refractivity contribution is 5.91. The summed E-state index contributed by atoms with van der Waals surface area (Å²) in [6.45, 7) is 9.87. The Labute approximate surface area is 135 Å². The number of hydrogen-bond acceptors (Lipinski definition) is 6. The summed E-state index contributed by atoms with van der Waals surface area (Å²) in [5, 5.41) is 9.35. The molecule has 0 bridgehead atoms. The minimum atomic E-state index is -1.19. The fourth-order valence-electron chi connectivity index (χ4n) is 2.66. The van der Waals surface area contributed by atoms with E-state index in [0.717, 1.165) is 4.90 Å². The van der Waals surface area contributed by atoms with E-state index >= 15 is 0 Å². The van der Waals surface area contributed by atoms with Crippen LogP contribution in [0, 0.1) is 0 Å². The standard InChI is InChI=1S/C15H26N2O6/c1-8-11(13(20)21)17(15(5,6)22-8)12(19)9(16)7-10(18)23-14(2,3)4/h8-9,11H,7,16H2,1-6H3,(H,20,21)/t8-,9+,11+/m1/s1. The van der Waals surface area contributed by atoms with Crippen molar-refractivity contribution >= 4 is 17.8 Å². The predicted octanol–water partition coefficient (Wildman–Crippen LogP) is 0.482. The monoisotopic (exact) mass is 330 g/mol. The van der Waals surface area contributed by atoms with Crippen molar-refractivity contribution in [2.45, 2.75) is 77.5 Å². The summed E-state index contributed by atoms with van der Waals surface area (Å²) in [6, 6.07) is -2.35. The molecule has 3 N–H and O–H groups in total. The first-order valence-electron chi connectivity index (χ1n) is 7.47. The Hall–Kier alpha value is -1.67. The molecule has 0 aromatic carbocycles. The molecule has 0 saturated carbocycles. The Bertz CT molecular complexity index is 497. The van der Waals surface area contributed by atoms with Gasteiger partial charge in [0.15, 0.2) is 6.04 Å². The Morgan fingerprint density at radius 3 is 2.30 bits per heavy atom. The van der Waals surface area contributed by atoms with E-state index in [4.69, 9.17) is 15.2 Å². The third kappa shape index (κ3) is 4.65. The van der Waals surface area contributed by atoms with Crippen molar-refractivity contribution in [1.29, 1.82) is 0 Å². The first-order chi connectivity index (χ1) is 10.3. The summed E-state index contributed by atoms with van der Waals surface area (Å²) < 4.78 is 10.7. The Morgan fingerprint density at radius 2 is 1.87 bits per heavy atom. The van der Waals surface area contributed by atoms with Crippen LogP contribution in [0.15, 0.2) is 0 Å². The Balaban J connectivity index is 2.89. The van der Waals surface area contributed by atoms with Crippen molar-refractivity contribution in [2.75, 3.05) is 0 Å². The van der Waals surface area contributed by atoms with Crippen molar-refractivity contribution in [2.24, 2.45) is 5.73 Å². The summed E-state index contributed by atoms with van der Waals surface area (Å²) >= 11 is 0. The lowest BCUT2D eigenvalue weighted by Crippen LogP contribution is -2.56. The number of esters is 1. The zero-order valence-electron chi connectivity index (χ0n) is 14.5. The van der Waals surface area contributed by atoms with E-state index in [1.54, 1.807) is 41.5 Å². The topological polar surface area (TPSA) is 119 Å². The van der Waals surface area contributed by atoms with E-state index in [1.165, 1.54) is 0 Å². The van der Waals surface area contributed by atoms with Crippen molar-refractivity contribution in [3.63, 3.8) is 0 Å². The molecule has 8 heteroatoms. The maximum absolute atomic E-state index is 12.6. The number of nitrogens with two attached hydrogens (primary N) is 1. The van der Waals surface area contributed by atoms with E-state index in [9.17, 15) is 19.5 Å². The molecule has 1 heterocycles. The first kappa shape index (κ1) is 19.4. The van der Waals surface area contributed by atoms with Crippen molar-refractivity contribution in [1.82, 2.24) is 4.90 Å². The van der Waals surface area contributed by atoms with Crippen LogP contribution in [0.25, 0.3) is 0 Å². The third-order valence-corrected chi connectivity index (χ3v) is 3.39. The van der Waals surface area contributed by atoms with Gasteiger partial charge in [-0.25, -0.2) is 4.79 Å². The lowest BCUT2D eigenvalue weighted by atomic mass is 10.1. The molecule has 0 radical (unpaired) electrons. The summed E-state index contributed by atoms with van der Waals surface area (Å²) in [7, 11) is 0. The number of amides is 1. The van der Waals surface area contributed by atoms with Crippen LogP contribution in [0.3, 0.4) is 0 Å². The maximum Gasteiger partial charge on any atom is 0.329 e. The van der Waals surface area contributed by atoms with Crippen molar-refractivity contribution in [3.8, 4) is 0 Å². The van der Waals surface area contributed by atoms with Crippen LogP contribution in [0.1, 0.15) is 48.0 Å². The van der Waals surface area contributed by atoms with Gasteiger partial charge < -0.3 is 20.3 Å². The molecule has 23 heavy (non-hydrogen) atoms. The Morgan fingerprint density at radius 1 is 1.35 bits per heavy atom. The van der Waals surface area contributed by atoms with Gasteiger partial charge in [-0.15, -0.1) is 0 Å². The van der Waals surface area contributed by atoms with Crippen LogP contribution in [-0.2, 0) is 23.9 Å². The van der Waals surface area contributed by atoms with Crippen LogP contribution < -0.4 is 5.73 Å². The lowest BCUT2D eigenvalue weighted by Gasteiger charge is -2.34. The molecule has 1 rings (SSSR count). The number of carboxylic acids is 1. The molecule has 132 valence electrons. The number of carbonyl (C=O) groups is 3. The molecule has 0 unspecified atom stereocenters. The molecular formula is C15H26N2O6. The number of carboxylic acid groups (broad SMARTS) is 1. The molecule has 1 aliphatic rings. The van der Waals surface area contributed by atoms with Gasteiger partial charge in [-0.05, 0) is 41.5 Å². The summed E-state index contributed by atoms with van der Waals surface area (Å²) in [5.74, 6) is -2.45. The highest BCUT2D eigenvalue weighted by atomic mass is 16.6. The number of aliphatic carboxylic acids is 1. The molecule has 0 aromatic rings. The van der Waals surface area contributed by atoms with Gasteiger partial charge in [-0.2, -0.15) is 0 Å². The summed E-state index contributed by atoms with van der Waals surface area (Å²) in [6.07, 6.45) is -1.01. The maximum atomic E-state index is 12.6. The van der Waals surface area contributed by atoms with Crippen LogP contribution in [-0.4, -0.2) is 57.4 Å². The van der Waals surface area contributed by atoms with Crippen LogP contribution in [0.2, 0.25) is 0 Å². The average Bonchev–Trinajstić information content (AvgIpc) is 2.54. The minimum Gasteiger partial charge on any atom is -0.480 e. The minimum absolute atomic E-state index is 0.330. The van der Waals surface area contributed by atoms with Gasteiger partial charge in [-0.3, -0.25) is 14.5 Å². The summed E-state index contributed by atoms with van der Waals surface area (Å²) in [4.78, 5) is 36.9. The number of rotatable bonds is 4. The lowest BCUT2D eigenvalue weighted by molar-refractivity contribution is -0.161. The quantitative estimate of drug-likeness (QED) is 0.720. The van der Waals surface area contributed by atoms with E-state index in [1.807, 2.05) is 0 Å². The van der Waals surface area contributed by atoms with Crippen molar-refractivity contribution in [3.05, 3.63) is 0 Å². The number of nitrogens with zero attached hydrogens (tertiary/aromatic N) is 1. The number of hydrogen-bond donors (Lipinski definition) is 2. The molecule has 0 aliphatic carbocycles. The summed E-state index contributed by atoms with van der Waals surface area (Å²) in [5.41, 5.74) is 4.00.